The fourth-order valence-electron chi connectivity index (χ4n) is 3.11. The summed E-state index contributed by atoms with van der Waals surface area (Å²) >= 11 is 0. The molecule has 0 spiro atoms. The summed E-state index contributed by atoms with van der Waals surface area (Å²) in [6.45, 7) is 2.30. The topological polar surface area (TPSA) is 90.0 Å². The second kappa shape index (κ2) is 8.28. The number of aromatic nitrogens is 3. The second-order valence-corrected chi connectivity index (χ2v) is 6.98. The highest BCUT2D eigenvalue weighted by Crippen LogP contribution is 2.24. The lowest BCUT2D eigenvalue weighted by Gasteiger charge is -2.07. The first-order chi connectivity index (χ1) is 14.5. The maximum atomic E-state index is 13.2. The molecule has 1 amide bonds. The van der Waals surface area contributed by atoms with Gasteiger partial charge in [0.2, 0.25) is 5.91 Å². The van der Waals surface area contributed by atoms with Crippen LogP contribution in [0.3, 0.4) is 0 Å². The number of hydrogen-bond acceptors (Lipinski definition) is 5. The second-order valence-electron chi connectivity index (χ2n) is 6.98. The predicted molar refractivity (Wildman–Crippen MR) is 109 cm³/mol. The van der Waals surface area contributed by atoms with Crippen molar-refractivity contribution in [3.63, 3.8) is 0 Å². The van der Waals surface area contributed by atoms with E-state index < -0.39 is 11.4 Å². The van der Waals surface area contributed by atoms with Gasteiger partial charge in [-0.05, 0) is 43.2 Å². The fourth-order valence-corrected chi connectivity index (χ4v) is 3.11. The zero-order chi connectivity index (χ0) is 21.1. The molecule has 0 saturated heterocycles. The van der Waals surface area contributed by atoms with Crippen LogP contribution in [0, 0.1) is 12.7 Å². The minimum absolute atomic E-state index is 0.0651. The number of carbonyl (C=O) groups excluding carboxylic acids is 1. The van der Waals surface area contributed by atoms with Crippen LogP contribution in [0.2, 0.25) is 0 Å². The van der Waals surface area contributed by atoms with Crippen molar-refractivity contribution < 1.29 is 13.7 Å². The molecule has 0 radical (unpaired) electrons. The van der Waals surface area contributed by atoms with Crippen LogP contribution in [-0.4, -0.2) is 27.2 Å². The third kappa shape index (κ3) is 4.12. The Morgan fingerprint density at radius 3 is 2.60 bits per heavy atom. The van der Waals surface area contributed by atoms with Gasteiger partial charge in [0, 0.05) is 12.1 Å². The number of rotatable bonds is 6. The molecule has 0 saturated carbocycles. The Kier molecular flexibility index (Phi) is 5.38. The summed E-state index contributed by atoms with van der Waals surface area (Å²) in [5, 5.41) is 6.85. The molecule has 1 N–H and O–H groups in total. The van der Waals surface area contributed by atoms with E-state index in [0.717, 1.165) is 5.56 Å². The molecule has 2 heterocycles. The Hall–Kier alpha value is -3.81. The van der Waals surface area contributed by atoms with Crippen molar-refractivity contribution in [1.29, 1.82) is 0 Å². The first-order valence-electron chi connectivity index (χ1n) is 9.44. The Morgan fingerprint density at radius 1 is 1.13 bits per heavy atom. The number of halogens is 1. The first-order valence-corrected chi connectivity index (χ1v) is 9.44. The third-order valence-electron chi connectivity index (χ3n) is 4.75. The van der Waals surface area contributed by atoms with Crippen LogP contribution in [0.5, 0.6) is 0 Å². The minimum Gasteiger partial charge on any atom is -0.354 e. The van der Waals surface area contributed by atoms with Gasteiger partial charge in [-0.1, -0.05) is 35.0 Å². The van der Waals surface area contributed by atoms with Crippen molar-refractivity contribution in [2.75, 3.05) is 6.54 Å². The molecule has 0 aliphatic rings. The maximum Gasteiger partial charge on any atom is 0.267 e. The number of benzene rings is 2. The van der Waals surface area contributed by atoms with Gasteiger partial charge in [0.25, 0.3) is 11.3 Å². The lowest BCUT2D eigenvalue weighted by molar-refractivity contribution is -0.121. The van der Waals surface area contributed by atoms with E-state index in [-0.39, 0.29) is 29.2 Å². The average molecular weight is 406 g/mol. The van der Waals surface area contributed by atoms with Crippen molar-refractivity contribution >= 4 is 17.0 Å². The van der Waals surface area contributed by atoms with E-state index in [0.29, 0.717) is 18.5 Å². The van der Waals surface area contributed by atoms with Crippen LogP contribution in [0.15, 0.2) is 64.2 Å². The van der Waals surface area contributed by atoms with Gasteiger partial charge in [-0.3, -0.25) is 14.2 Å². The van der Waals surface area contributed by atoms with Gasteiger partial charge in [0.15, 0.2) is 0 Å². The highest BCUT2D eigenvalue weighted by molar-refractivity contribution is 5.88. The molecule has 0 unspecified atom stereocenters. The third-order valence-corrected chi connectivity index (χ3v) is 4.75. The van der Waals surface area contributed by atoms with E-state index in [9.17, 15) is 14.0 Å². The summed E-state index contributed by atoms with van der Waals surface area (Å²) in [4.78, 5) is 29.3. The molecule has 30 heavy (non-hydrogen) atoms. The van der Waals surface area contributed by atoms with E-state index in [1.54, 1.807) is 0 Å². The monoisotopic (exact) mass is 406 g/mol. The lowest BCUT2D eigenvalue weighted by Crippen LogP contribution is -2.33. The van der Waals surface area contributed by atoms with E-state index in [4.69, 9.17) is 4.52 Å². The van der Waals surface area contributed by atoms with Gasteiger partial charge < -0.3 is 9.84 Å². The molecule has 0 bridgehead atoms. The normalized spacial score (nSPS) is 11.0. The molecule has 4 aromatic rings. The standard InChI is InChI=1S/C22H19FN4O3/c1-14-2-4-15(5-3-14)10-11-24-18(28)12-27-13-25-21-19(22(27)29)20(26-30-21)16-6-8-17(23)9-7-16/h2-9,13H,10-12H2,1H3,(H,24,28). The summed E-state index contributed by atoms with van der Waals surface area (Å²) in [6.07, 6.45) is 1.95. The molecule has 2 aromatic heterocycles. The van der Waals surface area contributed by atoms with Crippen molar-refractivity contribution in [3.05, 3.63) is 82.2 Å². The molecule has 4 rings (SSSR count). The number of aryl methyl sites for hydroxylation is 1. The SMILES string of the molecule is Cc1ccc(CCNC(=O)Cn2cnc3onc(-c4ccc(F)cc4)c3c2=O)cc1. The van der Waals surface area contributed by atoms with E-state index in [1.807, 2.05) is 31.2 Å². The van der Waals surface area contributed by atoms with Gasteiger partial charge in [-0.15, -0.1) is 0 Å². The summed E-state index contributed by atoms with van der Waals surface area (Å²) in [5.74, 6) is -0.699. The van der Waals surface area contributed by atoms with Crippen LogP contribution >= 0.6 is 0 Å². The quantitative estimate of drug-likeness (QED) is 0.532. The Bertz CT molecular complexity index is 1240. The van der Waals surface area contributed by atoms with Gasteiger partial charge in [0.05, 0.1) is 0 Å². The molecular formula is C22H19FN4O3. The number of nitrogens with one attached hydrogen (secondary N) is 1. The van der Waals surface area contributed by atoms with E-state index in [1.165, 1.54) is 40.7 Å². The first kappa shape index (κ1) is 19.5. The smallest absolute Gasteiger partial charge is 0.267 e. The van der Waals surface area contributed by atoms with Crippen LogP contribution in [0.25, 0.3) is 22.4 Å². The van der Waals surface area contributed by atoms with Crippen molar-refractivity contribution in [3.8, 4) is 11.3 Å². The summed E-state index contributed by atoms with van der Waals surface area (Å²) in [7, 11) is 0. The molecule has 2 aromatic carbocycles. The van der Waals surface area contributed by atoms with Gasteiger partial charge in [-0.25, -0.2) is 9.37 Å². The fraction of sp³-hybridized carbons (Fsp3) is 0.182. The highest BCUT2D eigenvalue weighted by Gasteiger charge is 2.18. The molecule has 0 atom stereocenters. The predicted octanol–water partition coefficient (Wildman–Crippen LogP) is 2.86. The zero-order valence-corrected chi connectivity index (χ0v) is 16.3. The highest BCUT2D eigenvalue weighted by atomic mass is 19.1. The van der Waals surface area contributed by atoms with Crippen LogP contribution in [0.4, 0.5) is 4.39 Å². The van der Waals surface area contributed by atoms with Crippen LogP contribution in [-0.2, 0) is 17.8 Å². The molecule has 0 fully saturated rings. The average Bonchev–Trinajstić information content (AvgIpc) is 3.17. The van der Waals surface area contributed by atoms with Crippen molar-refractivity contribution in [2.24, 2.45) is 0 Å². The number of hydrogen-bond donors (Lipinski definition) is 1. The van der Waals surface area contributed by atoms with Crippen LogP contribution in [0.1, 0.15) is 11.1 Å². The largest absolute Gasteiger partial charge is 0.354 e. The molecule has 7 nitrogen and oxygen atoms in total. The molecular weight excluding hydrogens is 387 g/mol. The Morgan fingerprint density at radius 2 is 1.87 bits per heavy atom. The minimum atomic E-state index is -0.450. The van der Waals surface area contributed by atoms with Crippen molar-refractivity contribution in [1.82, 2.24) is 20.0 Å². The molecule has 8 heteroatoms. The number of nitrogens with zero attached hydrogens (tertiary/aromatic N) is 3. The molecule has 152 valence electrons. The van der Waals surface area contributed by atoms with Gasteiger partial charge in [0.1, 0.15) is 29.8 Å². The van der Waals surface area contributed by atoms with E-state index >= 15 is 0 Å². The number of carbonyl (C=O) groups is 1. The summed E-state index contributed by atoms with van der Waals surface area (Å²) in [6, 6.07) is 13.6. The van der Waals surface area contributed by atoms with Gasteiger partial charge >= 0.3 is 0 Å². The maximum absolute atomic E-state index is 13.2. The van der Waals surface area contributed by atoms with Crippen molar-refractivity contribution in [2.45, 2.75) is 19.9 Å². The Balaban J connectivity index is 1.48. The summed E-state index contributed by atoms with van der Waals surface area (Å²) < 4.78 is 19.5. The number of fused-ring (bicyclic) bond motifs is 1. The molecule has 0 aliphatic heterocycles. The lowest BCUT2D eigenvalue weighted by atomic mass is 10.1. The summed E-state index contributed by atoms with van der Waals surface area (Å²) in [5.41, 5.74) is 2.70. The zero-order valence-electron chi connectivity index (χ0n) is 16.3. The van der Waals surface area contributed by atoms with Gasteiger partial charge in [-0.2, -0.15) is 0 Å². The van der Waals surface area contributed by atoms with E-state index in [2.05, 4.69) is 15.5 Å². The van der Waals surface area contributed by atoms with Crippen LogP contribution < -0.4 is 10.9 Å². The number of amides is 1. The molecule has 0 aliphatic carbocycles. The Labute approximate surface area is 171 Å².